The maximum Gasteiger partial charge on any atom is 0.410 e. The third-order valence-electron chi connectivity index (χ3n) is 3.01. The Labute approximate surface area is 107 Å². The third-order valence-corrected chi connectivity index (χ3v) is 3.01. The molecule has 18 heavy (non-hydrogen) atoms. The number of ether oxygens (including phenoxy) is 1. The molecule has 0 aliphatic carbocycles. The van der Waals surface area contributed by atoms with Gasteiger partial charge in [0, 0.05) is 25.1 Å². The van der Waals surface area contributed by atoms with Gasteiger partial charge in [0.1, 0.15) is 11.4 Å². The smallest absolute Gasteiger partial charge is 0.410 e. The van der Waals surface area contributed by atoms with E-state index in [2.05, 4.69) is 5.16 Å². The minimum Gasteiger partial charge on any atom is -0.444 e. The lowest BCUT2D eigenvalue weighted by Crippen LogP contribution is -2.41. The normalized spacial score (nSPS) is 17.8. The molecular weight excluding hydrogens is 232 g/mol. The fourth-order valence-electron chi connectivity index (χ4n) is 2.11. The van der Waals surface area contributed by atoms with E-state index in [0.29, 0.717) is 19.0 Å². The van der Waals surface area contributed by atoms with Gasteiger partial charge in [-0.15, -0.1) is 0 Å². The van der Waals surface area contributed by atoms with Crippen molar-refractivity contribution in [1.82, 2.24) is 10.1 Å². The number of amides is 1. The SMILES string of the molecule is CC(C)(C)OC(=O)N1CCC(c2ccno2)CC1. The Morgan fingerprint density at radius 2 is 2.11 bits per heavy atom. The van der Waals surface area contributed by atoms with E-state index in [1.807, 2.05) is 26.8 Å². The number of piperidine rings is 1. The molecule has 1 aliphatic heterocycles. The van der Waals surface area contributed by atoms with Crippen molar-refractivity contribution in [2.24, 2.45) is 0 Å². The number of aromatic nitrogens is 1. The van der Waals surface area contributed by atoms with Crippen LogP contribution in [0.2, 0.25) is 0 Å². The summed E-state index contributed by atoms with van der Waals surface area (Å²) in [4.78, 5) is 13.6. The van der Waals surface area contributed by atoms with Crippen LogP contribution in [0.3, 0.4) is 0 Å². The summed E-state index contributed by atoms with van der Waals surface area (Å²) in [6.07, 6.45) is 3.23. The van der Waals surface area contributed by atoms with Crippen LogP contribution in [0.1, 0.15) is 45.3 Å². The van der Waals surface area contributed by atoms with E-state index in [9.17, 15) is 4.79 Å². The van der Waals surface area contributed by atoms with Crippen LogP contribution in [-0.2, 0) is 4.74 Å². The minimum absolute atomic E-state index is 0.224. The van der Waals surface area contributed by atoms with Crippen molar-refractivity contribution < 1.29 is 14.1 Å². The molecule has 0 atom stereocenters. The standard InChI is InChI=1S/C13H20N2O3/c1-13(2,3)17-12(16)15-8-5-10(6-9-15)11-4-7-14-18-11/h4,7,10H,5-6,8-9H2,1-3H3. The largest absolute Gasteiger partial charge is 0.444 e. The van der Waals surface area contributed by atoms with E-state index in [0.717, 1.165) is 18.6 Å². The highest BCUT2D eigenvalue weighted by Gasteiger charge is 2.28. The molecule has 0 bridgehead atoms. The van der Waals surface area contributed by atoms with Gasteiger partial charge in [0.15, 0.2) is 0 Å². The Morgan fingerprint density at radius 1 is 1.44 bits per heavy atom. The van der Waals surface area contributed by atoms with Crippen LogP contribution in [0.4, 0.5) is 4.79 Å². The molecule has 0 saturated carbocycles. The second-order valence-corrected chi connectivity index (χ2v) is 5.66. The summed E-state index contributed by atoms with van der Waals surface area (Å²) in [5, 5.41) is 3.72. The van der Waals surface area contributed by atoms with Crippen LogP contribution in [0, 0.1) is 0 Å². The van der Waals surface area contributed by atoms with Gasteiger partial charge in [-0.05, 0) is 33.6 Å². The summed E-state index contributed by atoms with van der Waals surface area (Å²) in [5.74, 6) is 1.28. The molecule has 100 valence electrons. The van der Waals surface area contributed by atoms with Gasteiger partial charge in [0.2, 0.25) is 0 Å². The van der Waals surface area contributed by atoms with Gasteiger partial charge < -0.3 is 14.2 Å². The lowest BCUT2D eigenvalue weighted by Gasteiger charge is -2.32. The number of rotatable bonds is 1. The lowest BCUT2D eigenvalue weighted by molar-refractivity contribution is 0.0199. The van der Waals surface area contributed by atoms with Crippen molar-refractivity contribution in [2.75, 3.05) is 13.1 Å². The summed E-state index contributed by atoms with van der Waals surface area (Å²) in [6.45, 7) is 7.06. The van der Waals surface area contributed by atoms with E-state index in [1.165, 1.54) is 0 Å². The molecule has 1 amide bonds. The average Bonchev–Trinajstić information content (AvgIpc) is 2.80. The number of carbonyl (C=O) groups is 1. The zero-order valence-electron chi connectivity index (χ0n) is 11.2. The molecule has 5 nitrogen and oxygen atoms in total. The molecule has 5 heteroatoms. The Bertz CT molecular complexity index is 387. The van der Waals surface area contributed by atoms with Crippen LogP contribution >= 0.6 is 0 Å². The molecule has 0 radical (unpaired) electrons. The Balaban J connectivity index is 1.85. The summed E-state index contributed by atoms with van der Waals surface area (Å²) >= 11 is 0. The molecule has 2 heterocycles. The van der Waals surface area contributed by atoms with Crippen molar-refractivity contribution in [1.29, 1.82) is 0 Å². The maximum atomic E-state index is 11.9. The first-order valence-electron chi connectivity index (χ1n) is 6.34. The Morgan fingerprint density at radius 3 is 2.61 bits per heavy atom. The van der Waals surface area contributed by atoms with Gasteiger partial charge in [0.25, 0.3) is 0 Å². The second kappa shape index (κ2) is 5.00. The van der Waals surface area contributed by atoms with Gasteiger partial charge in [-0.3, -0.25) is 0 Å². The summed E-state index contributed by atoms with van der Waals surface area (Å²) in [6, 6.07) is 1.90. The van der Waals surface area contributed by atoms with E-state index in [1.54, 1.807) is 11.1 Å². The molecule has 0 spiro atoms. The molecule has 0 unspecified atom stereocenters. The summed E-state index contributed by atoms with van der Waals surface area (Å²) in [5.41, 5.74) is -0.432. The summed E-state index contributed by atoms with van der Waals surface area (Å²) < 4.78 is 10.5. The van der Waals surface area contributed by atoms with Crippen LogP contribution in [0.25, 0.3) is 0 Å². The molecule has 1 fully saturated rings. The zero-order valence-corrected chi connectivity index (χ0v) is 11.2. The van der Waals surface area contributed by atoms with Crippen LogP contribution in [-0.4, -0.2) is 34.8 Å². The van der Waals surface area contributed by atoms with E-state index in [4.69, 9.17) is 9.26 Å². The average molecular weight is 252 g/mol. The number of nitrogens with zero attached hydrogens (tertiary/aromatic N) is 2. The first kappa shape index (κ1) is 12.9. The van der Waals surface area contributed by atoms with Gasteiger partial charge in [-0.1, -0.05) is 5.16 Å². The molecule has 2 rings (SSSR count). The monoisotopic (exact) mass is 252 g/mol. The molecule has 1 aromatic rings. The fourth-order valence-corrected chi connectivity index (χ4v) is 2.11. The van der Waals surface area contributed by atoms with E-state index in [-0.39, 0.29) is 6.09 Å². The van der Waals surface area contributed by atoms with E-state index < -0.39 is 5.60 Å². The zero-order chi connectivity index (χ0) is 13.2. The molecule has 1 saturated heterocycles. The second-order valence-electron chi connectivity index (χ2n) is 5.66. The minimum atomic E-state index is -0.432. The van der Waals surface area contributed by atoms with Crippen molar-refractivity contribution in [2.45, 2.75) is 45.1 Å². The van der Waals surface area contributed by atoms with Gasteiger partial charge in [0.05, 0.1) is 6.20 Å². The van der Waals surface area contributed by atoms with Gasteiger partial charge in [-0.25, -0.2) is 4.79 Å². The van der Waals surface area contributed by atoms with Crippen LogP contribution < -0.4 is 0 Å². The first-order valence-corrected chi connectivity index (χ1v) is 6.34. The van der Waals surface area contributed by atoms with Gasteiger partial charge >= 0.3 is 6.09 Å². The van der Waals surface area contributed by atoms with Gasteiger partial charge in [-0.2, -0.15) is 0 Å². The van der Waals surface area contributed by atoms with Crippen LogP contribution in [0.15, 0.2) is 16.8 Å². The van der Waals surface area contributed by atoms with E-state index >= 15 is 0 Å². The highest BCUT2D eigenvalue weighted by atomic mass is 16.6. The number of hydrogen-bond acceptors (Lipinski definition) is 4. The number of likely N-dealkylation sites (tertiary alicyclic amines) is 1. The molecular formula is C13H20N2O3. The van der Waals surface area contributed by atoms with Crippen LogP contribution in [0.5, 0.6) is 0 Å². The maximum absolute atomic E-state index is 11.9. The van der Waals surface area contributed by atoms with Crippen molar-refractivity contribution in [3.05, 3.63) is 18.0 Å². The third kappa shape index (κ3) is 3.24. The molecule has 1 aromatic heterocycles. The highest BCUT2D eigenvalue weighted by Crippen LogP contribution is 2.28. The molecule has 0 aromatic carbocycles. The Hall–Kier alpha value is -1.52. The lowest BCUT2D eigenvalue weighted by atomic mass is 9.95. The topological polar surface area (TPSA) is 55.6 Å². The number of carbonyl (C=O) groups excluding carboxylic acids is 1. The fraction of sp³-hybridized carbons (Fsp3) is 0.692. The predicted molar refractivity (Wildman–Crippen MR) is 66.3 cm³/mol. The van der Waals surface area contributed by atoms with Crippen molar-refractivity contribution in [3.63, 3.8) is 0 Å². The first-order chi connectivity index (χ1) is 8.46. The summed E-state index contributed by atoms with van der Waals surface area (Å²) in [7, 11) is 0. The quantitative estimate of drug-likeness (QED) is 0.771. The van der Waals surface area contributed by atoms with Crippen molar-refractivity contribution >= 4 is 6.09 Å². The number of hydrogen-bond donors (Lipinski definition) is 0. The highest BCUT2D eigenvalue weighted by molar-refractivity contribution is 5.68. The molecule has 0 N–H and O–H groups in total. The van der Waals surface area contributed by atoms with Crippen molar-refractivity contribution in [3.8, 4) is 0 Å². The Kier molecular flexibility index (Phi) is 3.59. The predicted octanol–water partition coefficient (Wildman–Crippen LogP) is 2.79. The molecule has 1 aliphatic rings.